The van der Waals surface area contributed by atoms with E-state index in [9.17, 15) is 4.79 Å². The molecule has 0 bridgehead atoms. The van der Waals surface area contributed by atoms with Crippen LogP contribution in [-0.2, 0) is 6.54 Å². The molecule has 24 heavy (non-hydrogen) atoms. The SMILES string of the molecule is CCSc1ccc(Cl)cc1Cn1cnc2cc(C)c(I)cc2c1=O. The molecule has 0 saturated heterocycles. The first-order chi connectivity index (χ1) is 11.5. The molecule has 6 heteroatoms. The summed E-state index contributed by atoms with van der Waals surface area (Å²) in [5, 5.41) is 1.33. The van der Waals surface area contributed by atoms with E-state index >= 15 is 0 Å². The molecule has 0 saturated carbocycles. The fourth-order valence-corrected chi connectivity index (χ4v) is 3.99. The monoisotopic (exact) mass is 470 g/mol. The van der Waals surface area contributed by atoms with Crippen LogP contribution in [0, 0.1) is 10.5 Å². The van der Waals surface area contributed by atoms with Crippen molar-refractivity contribution in [1.82, 2.24) is 9.55 Å². The summed E-state index contributed by atoms with van der Waals surface area (Å²) in [6.45, 7) is 4.60. The summed E-state index contributed by atoms with van der Waals surface area (Å²) in [4.78, 5) is 18.4. The normalized spacial score (nSPS) is 11.2. The highest BCUT2D eigenvalue weighted by Crippen LogP contribution is 2.26. The van der Waals surface area contributed by atoms with Gasteiger partial charge in [-0.3, -0.25) is 9.36 Å². The van der Waals surface area contributed by atoms with Crippen molar-refractivity contribution in [3.63, 3.8) is 0 Å². The van der Waals surface area contributed by atoms with Crippen LogP contribution in [0.25, 0.3) is 10.9 Å². The number of fused-ring (bicyclic) bond motifs is 1. The zero-order chi connectivity index (χ0) is 17.3. The van der Waals surface area contributed by atoms with Crippen LogP contribution in [0.3, 0.4) is 0 Å². The number of thioether (sulfide) groups is 1. The van der Waals surface area contributed by atoms with Crippen molar-refractivity contribution in [2.45, 2.75) is 25.3 Å². The zero-order valence-corrected chi connectivity index (χ0v) is 17.1. The first-order valence-corrected chi connectivity index (χ1v) is 10.0. The minimum Gasteiger partial charge on any atom is -0.294 e. The number of nitrogens with zero attached hydrogens (tertiary/aromatic N) is 2. The summed E-state index contributed by atoms with van der Waals surface area (Å²) in [6.07, 6.45) is 1.62. The van der Waals surface area contributed by atoms with Gasteiger partial charge in [0, 0.05) is 13.5 Å². The van der Waals surface area contributed by atoms with E-state index in [4.69, 9.17) is 11.6 Å². The fraction of sp³-hybridized carbons (Fsp3) is 0.222. The Morgan fingerprint density at radius 2 is 2.08 bits per heavy atom. The van der Waals surface area contributed by atoms with Gasteiger partial charge in [0.2, 0.25) is 0 Å². The van der Waals surface area contributed by atoms with Gasteiger partial charge in [-0.25, -0.2) is 4.98 Å². The minimum atomic E-state index is -0.0228. The molecule has 0 atom stereocenters. The number of benzene rings is 2. The van der Waals surface area contributed by atoms with Crippen molar-refractivity contribution in [3.8, 4) is 0 Å². The van der Waals surface area contributed by atoms with Crippen LogP contribution >= 0.6 is 46.0 Å². The van der Waals surface area contributed by atoms with Gasteiger partial charge in [-0.1, -0.05) is 18.5 Å². The Balaban J connectivity index is 2.08. The molecule has 0 radical (unpaired) electrons. The number of halogens is 2. The molecule has 0 fully saturated rings. The number of hydrogen-bond acceptors (Lipinski definition) is 3. The molecule has 1 aromatic heterocycles. The third kappa shape index (κ3) is 3.63. The van der Waals surface area contributed by atoms with Gasteiger partial charge in [0.15, 0.2) is 0 Å². The Hall–Kier alpha value is -1.05. The molecule has 124 valence electrons. The Labute approximate surface area is 163 Å². The van der Waals surface area contributed by atoms with Crippen LogP contribution in [0.2, 0.25) is 5.02 Å². The van der Waals surface area contributed by atoms with Crippen LogP contribution in [0.15, 0.2) is 46.3 Å². The van der Waals surface area contributed by atoms with Gasteiger partial charge in [-0.15, -0.1) is 11.8 Å². The average Bonchev–Trinajstić information content (AvgIpc) is 2.55. The highest BCUT2D eigenvalue weighted by Gasteiger charge is 2.10. The zero-order valence-electron chi connectivity index (χ0n) is 13.3. The van der Waals surface area contributed by atoms with E-state index in [-0.39, 0.29) is 5.56 Å². The van der Waals surface area contributed by atoms with Crippen molar-refractivity contribution < 1.29 is 0 Å². The second-order valence-corrected chi connectivity index (χ2v) is 8.39. The van der Waals surface area contributed by atoms with Crippen molar-refractivity contribution in [2.24, 2.45) is 0 Å². The number of aromatic nitrogens is 2. The van der Waals surface area contributed by atoms with E-state index < -0.39 is 0 Å². The Morgan fingerprint density at radius 1 is 1.29 bits per heavy atom. The van der Waals surface area contributed by atoms with Gasteiger partial charge in [0.05, 0.1) is 23.8 Å². The standard InChI is InChI=1S/C18H16ClIN2OS/c1-3-24-17-5-4-13(19)7-12(17)9-22-10-21-16-6-11(2)15(20)8-14(16)18(22)23/h4-8,10H,3,9H2,1-2H3. The molecule has 0 aliphatic rings. The van der Waals surface area contributed by atoms with Gasteiger partial charge in [0.1, 0.15) is 0 Å². The largest absolute Gasteiger partial charge is 0.294 e. The molecule has 0 amide bonds. The third-order valence-corrected chi connectivity index (χ3v) is 6.16. The average molecular weight is 471 g/mol. The molecule has 3 aromatic rings. The van der Waals surface area contributed by atoms with Crippen LogP contribution in [-0.4, -0.2) is 15.3 Å². The van der Waals surface area contributed by atoms with E-state index in [0.29, 0.717) is 17.0 Å². The van der Waals surface area contributed by atoms with E-state index in [1.807, 2.05) is 37.3 Å². The lowest BCUT2D eigenvalue weighted by Crippen LogP contribution is -2.21. The molecule has 0 N–H and O–H groups in total. The first kappa shape index (κ1) is 17.8. The van der Waals surface area contributed by atoms with Gasteiger partial charge < -0.3 is 0 Å². The second-order valence-electron chi connectivity index (χ2n) is 5.48. The molecule has 3 nitrogen and oxygen atoms in total. The van der Waals surface area contributed by atoms with Crippen LogP contribution < -0.4 is 5.56 Å². The van der Waals surface area contributed by atoms with Gasteiger partial charge in [-0.2, -0.15) is 0 Å². The summed E-state index contributed by atoms with van der Waals surface area (Å²) in [5.41, 5.74) is 2.89. The van der Waals surface area contributed by atoms with Gasteiger partial charge in [-0.05, 0) is 76.7 Å². The van der Waals surface area contributed by atoms with Gasteiger partial charge in [0.25, 0.3) is 5.56 Å². The highest BCUT2D eigenvalue weighted by molar-refractivity contribution is 14.1. The second kappa shape index (κ2) is 7.45. The van der Waals surface area contributed by atoms with Crippen LogP contribution in [0.1, 0.15) is 18.1 Å². The van der Waals surface area contributed by atoms with Crippen molar-refractivity contribution in [1.29, 1.82) is 0 Å². The summed E-state index contributed by atoms with van der Waals surface area (Å²) >= 11 is 10.1. The van der Waals surface area contributed by atoms with Crippen molar-refractivity contribution >= 4 is 56.9 Å². The quantitative estimate of drug-likeness (QED) is 0.392. The van der Waals surface area contributed by atoms with E-state index in [2.05, 4.69) is 34.5 Å². The molecular formula is C18H16ClIN2OS. The number of hydrogen-bond donors (Lipinski definition) is 0. The maximum absolute atomic E-state index is 12.8. The lowest BCUT2D eigenvalue weighted by atomic mass is 10.1. The lowest BCUT2D eigenvalue weighted by Gasteiger charge is -2.12. The fourth-order valence-electron chi connectivity index (χ4n) is 2.55. The predicted molar refractivity (Wildman–Crippen MR) is 110 cm³/mol. The molecule has 2 aromatic carbocycles. The van der Waals surface area contributed by atoms with Crippen LogP contribution in [0.4, 0.5) is 0 Å². The molecule has 3 rings (SSSR count). The Morgan fingerprint density at radius 3 is 2.83 bits per heavy atom. The number of aryl methyl sites for hydroxylation is 1. The molecule has 0 unspecified atom stereocenters. The Bertz CT molecular complexity index is 971. The van der Waals surface area contributed by atoms with Crippen LogP contribution in [0.5, 0.6) is 0 Å². The maximum atomic E-state index is 12.8. The van der Waals surface area contributed by atoms with E-state index in [1.54, 1.807) is 22.7 Å². The van der Waals surface area contributed by atoms with Crippen molar-refractivity contribution in [3.05, 3.63) is 66.7 Å². The summed E-state index contributed by atoms with van der Waals surface area (Å²) in [6, 6.07) is 9.69. The topological polar surface area (TPSA) is 34.9 Å². The first-order valence-electron chi connectivity index (χ1n) is 7.56. The molecule has 0 aliphatic heterocycles. The number of rotatable bonds is 4. The minimum absolute atomic E-state index is 0.0228. The highest BCUT2D eigenvalue weighted by atomic mass is 127. The molecule has 0 spiro atoms. The van der Waals surface area contributed by atoms with Crippen molar-refractivity contribution in [2.75, 3.05) is 5.75 Å². The van der Waals surface area contributed by atoms with E-state index in [0.717, 1.165) is 30.9 Å². The Kier molecular flexibility index (Phi) is 5.52. The lowest BCUT2D eigenvalue weighted by molar-refractivity contribution is 0.738. The summed E-state index contributed by atoms with van der Waals surface area (Å²) < 4.78 is 2.72. The summed E-state index contributed by atoms with van der Waals surface area (Å²) in [5.74, 6) is 0.969. The maximum Gasteiger partial charge on any atom is 0.261 e. The van der Waals surface area contributed by atoms with Gasteiger partial charge >= 0.3 is 0 Å². The molecule has 1 heterocycles. The predicted octanol–water partition coefficient (Wildman–Crippen LogP) is 5.12. The smallest absolute Gasteiger partial charge is 0.261 e. The summed E-state index contributed by atoms with van der Waals surface area (Å²) in [7, 11) is 0. The molecule has 0 aliphatic carbocycles. The van der Waals surface area contributed by atoms with E-state index in [1.165, 1.54) is 0 Å². The third-order valence-electron chi connectivity index (χ3n) is 3.77. The molecular weight excluding hydrogens is 455 g/mol.